The maximum atomic E-state index is 6.17. The summed E-state index contributed by atoms with van der Waals surface area (Å²) in [7, 11) is 0. The van der Waals surface area contributed by atoms with Crippen LogP contribution in [0.4, 0.5) is 0 Å². The van der Waals surface area contributed by atoms with E-state index in [1.807, 2.05) is 35.7 Å². The van der Waals surface area contributed by atoms with E-state index >= 15 is 0 Å². The molecule has 5 heteroatoms. The summed E-state index contributed by atoms with van der Waals surface area (Å²) in [4.78, 5) is 8.89. The van der Waals surface area contributed by atoms with Crippen molar-refractivity contribution < 1.29 is 0 Å². The van der Waals surface area contributed by atoms with Crippen LogP contribution in [-0.2, 0) is 0 Å². The van der Waals surface area contributed by atoms with Crippen LogP contribution in [0.5, 0.6) is 0 Å². The Morgan fingerprint density at radius 1 is 1.35 bits per heavy atom. The van der Waals surface area contributed by atoms with Gasteiger partial charge in [-0.2, -0.15) is 0 Å². The van der Waals surface area contributed by atoms with Gasteiger partial charge in [0, 0.05) is 9.35 Å². The summed E-state index contributed by atoms with van der Waals surface area (Å²) in [6.45, 7) is 0. The summed E-state index contributed by atoms with van der Waals surface area (Å²) >= 11 is 5.09. The maximum absolute atomic E-state index is 6.17. The minimum absolute atomic E-state index is 0.179. The van der Waals surface area contributed by atoms with Crippen LogP contribution in [0, 0.1) is 0 Å². The highest BCUT2D eigenvalue weighted by atomic mass is 79.9. The van der Waals surface area contributed by atoms with E-state index in [0.29, 0.717) is 0 Å². The fraction of sp³-hybridized carbons (Fsp3) is 0.0833. The highest BCUT2D eigenvalue weighted by Gasteiger charge is 2.14. The molecule has 17 heavy (non-hydrogen) atoms. The van der Waals surface area contributed by atoms with Gasteiger partial charge in [-0.25, -0.2) is 4.98 Å². The van der Waals surface area contributed by atoms with Gasteiger partial charge in [-0.1, -0.05) is 22.0 Å². The number of nitrogens with two attached hydrogens (primary N) is 1. The molecule has 0 saturated carbocycles. The summed E-state index contributed by atoms with van der Waals surface area (Å²) in [6, 6.07) is 9.80. The molecule has 86 valence electrons. The van der Waals surface area contributed by atoms with Crippen LogP contribution in [-0.4, -0.2) is 9.97 Å². The number of imidazole rings is 1. The number of thiophene rings is 1. The van der Waals surface area contributed by atoms with Gasteiger partial charge >= 0.3 is 0 Å². The van der Waals surface area contributed by atoms with E-state index in [1.165, 1.54) is 0 Å². The number of rotatable bonds is 2. The fourth-order valence-electron chi connectivity index (χ4n) is 1.75. The Kier molecular flexibility index (Phi) is 2.74. The first-order chi connectivity index (χ1) is 8.24. The third kappa shape index (κ3) is 2.01. The molecule has 1 atom stereocenters. The van der Waals surface area contributed by atoms with Crippen molar-refractivity contribution in [2.45, 2.75) is 6.04 Å². The number of benzene rings is 1. The van der Waals surface area contributed by atoms with E-state index in [1.54, 1.807) is 11.3 Å². The molecule has 0 aliphatic carbocycles. The molecule has 3 rings (SSSR count). The van der Waals surface area contributed by atoms with Gasteiger partial charge in [0.15, 0.2) is 0 Å². The van der Waals surface area contributed by atoms with Crippen LogP contribution in [0.3, 0.4) is 0 Å². The van der Waals surface area contributed by atoms with Gasteiger partial charge in [-0.15, -0.1) is 11.3 Å². The van der Waals surface area contributed by atoms with E-state index in [9.17, 15) is 0 Å². The van der Waals surface area contributed by atoms with Crippen LogP contribution in [0.15, 0.2) is 40.2 Å². The van der Waals surface area contributed by atoms with Crippen LogP contribution in [0.1, 0.15) is 16.7 Å². The van der Waals surface area contributed by atoms with E-state index in [4.69, 9.17) is 5.73 Å². The lowest BCUT2D eigenvalue weighted by Gasteiger charge is -2.04. The van der Waals surface area contributed by atoms with Crippen molar-refractivity contribution >= 4 is 38.3 Å². The molecule has 0 amide bonds. The van der Waals surface area contributed by atoms with Crippen molar-refractivity contribution in [1.29, 1.82) is 0 Å². The number of aromatic amines is 1. The van der Waals surface area contributed by atoms with Crippen LogP contribution >= 0.6 is 27.3 Å². The Balaban J connectivity index is 2.06. The van der Waals surface area contributed by atoms with Crippen molar-refractivity contribution in [3.8, 4) is 0 Å². The van der Waals surface area contributed by atoms with Gasteiger partial charge < -0.3 is 10.7 Å². The number of nitrogens with zero attached hydrogens (tertiary/aromatic N) is 1. The predicted molar refractivity (Wildman–Crippen MR) is 74.1 cm³/mol. The van der Waals surface area contributed by atoms with Gasteiger partial charge in [0.1, 0.15) is 5.82 Å². The third-order valence-electron chi connectivity index (χ3n) is 2.61. The average molecular weight is 308 g/mol. The van der Waals surface area contributed by atoms with Gasteiger partial charge in [-0.3, -0.25) is 0 Å². The monoisotopic (exact) mass is 307 g/mol. The second-order valence-corrected chi connectivity index (χ2v) is 5.67. The topological polar surface area (TPSA) is 54.7 Å². The molecule has 1 unspecified atom stereocenters. The molecular weight excluding hydrogens is 298 g/mol. The lowest BCUT2D eigenvalue weighted by atomic mass is 10.2. The van der Waals surface area contributed by atoms with Crippen LogP contribution in [0.2, 0.25) is 0 Å². The first-order valence-electron chi connectivity index (χ1n) is 5.18. The fourth-order valence-corrected chi connectivity index (χ4v) is 2.84. The summed E-state index contributed by atoms with van der Waals surface area (Å²) in [5.74, 6) is 0.806. The number of nitrogens with one attached hydrogen (secondary N) is 1. The number of H-pyrrole nitrogens is 1. The molecule has 0 spiro atoms. The minimum atomic E-state index is -0.179. The SMILES string of the molecule is NC(c1nc2ccc(Br)cc2[nH]1)c1cccs1. The van der Waals surface area contributed by atoms with Gasteiger partial charge in [0.2, 0.25) is 0 Å². The maximum Gasteiger partial charge on any atom is 0.129 e. The lowest BCUT2D eigenvalue weighted by molar-refractivity contribution is 0.822. The first-order valence-corrected chi connectivity index (χ1v) is 6.85. The molecule has 3 N–H and O–H groups in total. The molecule has 2 aromatic heterocycles. The molecule has 0 radical (unpaired) electrons. The molecule has 3 nitrogen and oxygen atoms in total. The standard InChI is InChI=1S/C12H10BrN3S/c13-7-3-4-8-9(6-7)16-12(15-8)11(14)10-2-1-5-17-10/h1-6,11H,14H2,(H,15,16). The van der Waals surface area contributed by atoms with E-state index < -0.39 is 0 Å². The van der Waals surface area contributed by atoms with E-state index in [0.717, 1.165) is 26.2 Å². The van der Waals surface area contributed by atoms with Gasteiger partial charge in [0.05, 0.1) is 17.1 Å². The molecule has 0 aliphatic rings. The normalized spacial score (nSPS) is 13.1. The Bertz CT molecular complexity index is 645. The number of fused-ring (bicyclic) bond motifs is 1. The zero-order chi connectivity index (χ0) is 11.8. The highest BCUT2D eigenvalue weighted by molar-refractivity contribution is 9.10. The second-order valence-electron chi connectivity index (χ2n) is 3.78. The average Bonchev–Trinajstić information content (AvgIpc) is 2.96. The first kappa shape index (κ1) is 11.0. The Labute approximate surface area is 111 Å². The summed E-state index contributed by atoms with van der Waals surface area (Å²) in [5, 5.41) is 2.02. The van der Waals surface area contributed by atoms with Crippen molar-refractivity contribution in [2.24, 2.45) is 5.73 Å². The molecule has 3 aromatic rings. The van der Waals surface area contributed by atoms with Crippen LogP contribution < -0.4 is 5.73 Å². The molecule has 0 bridgehead atoms. The van der Waals surface area contributed by atoms with Crippen LogP contribution in [0.25, 0.3) is 11.0 Å². The van der Waals surface area contributed by atoms with Crippen molar-refractivity contribution in [3.05, 3.63) is 50.9 Å². The molecule has 2 heterocycles. The Hall–Kier alpha value is -1.17. The minimum Gasteiger partial charge on any atom is -0.340 e. The number of halogens is 1. The van der Waals surface area contributed by atoms with Gasteiger partial charge in [-0.05, 0) is 29.6 Å². The summed E-state index contributed by atoms with van der Waals surface area (Å²) in [6.07, 6.45) is 0. The predicted octanol–water partition coefficient (Wildman–Crippen LogP) is 3.44. The molecular formula is C12H10BrN3S. The molecule has 0 saturated heterocycles. The highest BCUT2D eigenvalue weighted by Crippen LogP contribution is 2.25. The van der Waals surface area contributed by atoms with Crippen molar-refractivity contribution in [3.63, 3.8) is 0 Å². The lowest BCUT2D eigenvalue weighted by Crippen LogP contribution is -2.11. The quantitative estimate of drug-likeness (QED) is 0.762. The van der Waals surface area contributed by atoms with Gasteiger partial charge in [0.25, 0.3) is 0 Å². The molecule has 0 fully saturated rings. The smallest absolute Gasteiger partial charge is 0.129 e. The number of hydrogen-bond acceptors (Lipinski definition) is 3. The summed E-state index contributed by atoms with van der Waals surface area (Å²) in [5.41, 5.74) is 8.11. The number of aromatic nitrogens is 2. The Morgan fingerprint density at radius 3 is 3.00 bits per heavy atom. The zero-order valence-electron chi connectivity index (χ0n) is 8.85. The molecule has 0 aliphatic heterocycles. The van der Waals surface area contributed by atoms with E-state index in [2.05, 4.69) is 25.9 Å². The molecule has 1 aromatic carbocycles. The summed E-state index contributed by atoms with van der Waals surface area (Å²) < 4.78 is 1.03. The van der Waals surface area contributed by atoms with E-state index in [-0.39, 0.29) is 6.04 Å². The zero-order valence-corrected chi connectivity index (χ0v) is 11.3. The third-order valence-corrected chi connectivity index (χ3v) is 4.06. The van der Waals surface area contributed by atoms with Crippen molar-refractivity contribution in [2.75, 3.05) is 0 Å². The Morgan fingerprint density at radius 2 is 2.24 bits per heavy atom. The van der Waals surface area contributed by atoms with Crippen molar-refractivity contribution in [1.82, 2.24) is 9.97 Å². The second kappa shape index (κ2) is 4.25. The largest absolute Gasteiger partial charge is 0.340 e. The number of hydrogen-bond donors (Lipinski definition) is 2.